The zero-order chi connectivity index (χ0) is 12.3. The third-order valence-electron chi connectivity index (χ3n) is 2.11. The molecule has 1 aromatic carbocycles. The third-order valence-corrected chi connectivity index (χ3v) is 2.91. The molecular formula is C12H10F2N2S. The minimum atomic E-state index is -0.480. The van der Waals surface area contributed by atoms with E-state index in [2.05, 4.69) is 16.9 Å². The molecule has 0 unspecified atom stereocenters. The van der Waals surface area contributed by atoms with Crippen molar-refractivity contribution in [3.63, 3.8) is 0 Å². The third kappa shape index (κ3) is 2.68. The average Bonchev–Trinajstić information content (AvgIpc) is 2.78. The number of anilines is 1. The fourth-order valence-electron chi connectivity index (χ4n) is 1.33. The van der Waals surface area contributed by atoms with Crippen LogP contribution in [0.4, 0.5) is 13.9 Å². The van der Waals surface area contributed by atoms with Crippen molar-refractivity contribution in [2.75, 3.05) is 11.9 Å². The van der Waals surface area contributed by atoms with Gasteiger partial charge in [-0.15, -0.1) is 17.9 Å². The van der Waals surface area contributed by atoms with Gasteiger partial charge in [0.1, 0.15) is 11.6 Å². The van der Waals surface area contributed by atoms with Gasteiger partial charge in [-0.1, -0.05) is 6.08 Å². The topological polar surface area (TPSA) is 24.9 Å². The second-order valence-corrected chi connectivity index (χ2v) is 4.19. The normalized spacial score (nSPS) is 10.2. The zero-order valence-corrected chi connectivity index (χ0v) is 9.73. The van der Waals surface area contributed by atoms with E-state index >= 15 is 0 Å². The van der Waals surface area contributed by atoms with Crippen molar-refractivity contribution >= 4 is 16.5 Å². The van der Waals surface area contributed by atoms with Gasteiger partial charge < -0.3 is 5.32 Å². The number of nitrogens with zero attached hydrogens (tertiary/aromatic N) is 1. The molecule has 5 heteroatoms. The van der Waals surface area contributed by atoms with E-state index in [-0.39, 0.29) is 5.56 Å². The van der Waals surface area contributed by atoms with Crippen molar-refractivity contribution in [1.82, 2.24) is 4.98 Å². The number of benzene rings is 1. The van der Waals surface area contributed by atoms with E-state index < -0.39 is 11.6 Å². The standard InChI is InChI=1S/C12H10F2N2S/c1-2-5-15-12-16-11(7-17-12)9-6-8(13)3-4-10(9)14/h2-4,6-7H,1,5H2,(H,15,16). The van der Waals surface area contributed by atoms with Gasteiger partial charge in [-0.2, -0.15) is 0 Å². The van der Waals surface area contributed by atoms with Crippen molar-refractivity contribution in [3.8, 4) is 11.3 Å². The van der Waals surface area contributed by atoms with Crippen LogP contribution in [-0.4, -0.2) is 11.5 Å². The first kappa shape index (κ1) is 11.7. The summed E-state index contributed by atoms with van der Waals surface area (Å²) in [7, 11) is 0. The number of halogens is 2. The van der Waals surface area contributed by atoms with Gasteiger partial charge in [-0.05, 0) is 18.2 Å². The van der Waals surface area contributed by atoms with Crippen LogP contribution in [0.2, 0.25) is 0 Å². The molecule has 0 aliphatic rings. The lowest BCUT2D eigenvalue weighted by atomic mass is 10.1. The van der Waals surface area contributed by atoms with Crippen LogP contribution in [0, 0.1) is 11.6 Å². The molecule has 17 heavy (non-hydrogen) atoms. The molecule has 2 aromatic rings. The Bertz CT molecular complexity index is 537. The maximum atomic E-state index is 13.5. The molecule has 2 rings (SSSR count). The van der Waals surface area contributed by atoms with Crippen LogP contribution in [0.25, 0.3) is 11.3 Å². The summed E-state index contributed by atoms with van der Waals surface area (Å²) < 4.78 is 26.5. The van der Waals surface area contributed by atoms with Crippen LogP contribution in [0.5, 0.6) is 0 Å². The molecule has 0 saturated heterocycles. The molecule has 0 aliphatic heterocycles. The van der Waals surface area contributed by atoms with E-state index in [1.54, 1.807) is 11.5 Å². The first-order chi connectivity index (χ1) is 8.20. The molecule has 0 bridgehead atoms. The summed E-state index contributed by atoms with van der Waals surface area (Å²) in [6, 6.07) is 3.32. The average molecular weight is 252 g/mol. The SMILES string of the molecule is C=CCNc1nc(-c2cc(F)ccc2F)cs1. The molecule has 1 aromatic heterocycles. The molecule has 0 atom stereocenters. The Balaban J connectivity index is 2.30. The Labute approximate surface area is 102 Å². The Kier molecular flexibility index (Phi) is 3.49. The van der Waals surface area contributed by atoms with E-state index in [9.17, 15) is 8.78 Å². The van der Waals surface area contributed by atoms with Crippen LogP contribution in [0.15, 0.2) is 36.2 Å². The fourth-order valence-corrected chi connectivity index (χ4v) is 2.05. The van der Waals surface area contributed by atoms with E-state index in [0.717, 1.165) is 18.2 Å². The molecule has 0 fully saturated rings. The largest absolute Gasteiger partial charge is 0.358 e. The summed E-state index contributed by atoms with van der Waals surface area (Å²) >= 11 is 1.34. The van der Waals surface area contributed by atoms with Gasteiger partial charge in [0.05, 0.1) is 5.69 Å². The fraction of sp³-hybridized carbons (Fsp3) is 0.0833. The molecular weight excluding hydrogens is 242 g/mol. The van der Waals surface area contributed by atoms with Gasteiger partial charge in [0.25, 0.3) is 0 Å². The molecule has 2 nitrogen and oxygen atoms in total. The Morgan fingerprint density at radius 3 is 3.00 bits per heavy atom. The summed E-state index contributed by atoms with van der Waals surface area (Å²) in [4.78, 5) is 4.17. The van der Waals surface area contributed by atoms with Crippen LogP contribution >= 0.6 is 11.3 Å². The van der Waals surface area contributed by atoms with Crippen LogP contribution in [0.1, 0.15) is 0 Å². The summed E-state index contributed by atoms with van der Waals surface area (Å²) in [6.07, 6.45) is 1.70. The Hall–Kier alpha value is -1.75. The highest BCUT2D eigenvalue weighted by Gasteiger charge is 2.10. The molecule has 0 radical (unpaired) electrons. The number of nitrogens with one attached hydrogen (secondary N) is 1. The van der Waals surface area contributed by atoms with Crippen molar-refractivity contribution in [2.24, 2.45) is 0 Å². The predicted octanol–water partition coefficient (Wildman–Crippen LogP) is 3.69. The second kappa shape index (κ2) is 5.05. The van der Waals surface area contributed by atoms with Gasteiger partial charge in [-0.25, -0.2) is 13.8 Å². The van der Waals surface area contributed by atoms with Crippen LogP contribution in [-0.2, 0) is 0 Å². The zero-order valence-electron chi connectivity index (χ0n) is 8.91. The smallest absolute Gasteiger partial charge is 0.183 e. The van der Waals surface area contributed by atoms with Gasteiger partial charge in [-0.3, -0.25) is 0 Å². The predicted molar refractivity (Wildman–Crippen MR) is 66.2 cm³/mol. The Morgan fingerprint density at radius 2 is 2.24 bits per heavy atom. The summed E-state index contributed by atoms with van der Waals surface area (Å²) in [5.41, 5.74) is 0.603. The van der Waals surface area contributed by atoms with E-state index in [1.807, 2.05) is 0 Å². The van der Waals surface area contributed by atoms with Gasteiger partial charge >= 0.3 is 0 Å². The lowest BCUT2D eigenvalue weighted by Crippen LogP contribution is -1.96. The highest BCUT2D eigenvalue weighted by atomic mass is 32.1. The lowest BCUT2D eigenvalue weighted by Gasteiger charge is -1.99. The van der Waals surface area contributed by atoms with E-state index in [0.29, 0.717) is 17.4 Å². The minimum absolute atomic E-state index is 0.174. The maximum absolute atomic E-state index is 13.5. The monoisotopic (exact) mass is 252 g/mol. The molecule has 0 spiro atoms. The first-order valence-corrected chi connectivity index (χ1v) is 5.84. The lowest BCUT2D eigenvalue weighted by molar-refractivity contribution is 0.603. The molecule has 1 N–H and O–H groups in total. The van der Waals surface area contributed by atoms with Crippen molar-refractivity contribution < 1.29 is 8.78 Å². The molecule has 0 saturated carbocycles. The number of aromatic nitrogens is 1. The van der Waals surface area contributed by atoms with Crippen molar-refractivity contribution in [1.29, 1.82) is 0 Å². The van der Waals surface area contributed by atoms with Crippen LogP contribution < -0.4 is 5.32 Å². The van der Waals surface area contributed by atoms with Gasteiger partial charge in [0.2, 0.25) is 0 Å². The number of hydrogen-bond donors (Lipinski definition) is 1. The van der Waals surface area contributed by atoms with Gasteiger partial charge in [0, 0.05) is 17.5 Å². The Morgan fingerprint density at radius 1 is 1.41 bits per heavy atom. The van der Waals surface area contributed by atoms with E-state index in [4.69, 9.17) is 0 Å². The number of rotatable bonds is 4. The minimum Gasteiger partial charge on any atom is -0.358 e. The summed E-state index contributed by atoms with van der Waals surface area (Å²) in [5.74, 6) is -0.957. The first-order valence-electron chi connectivity index (χ1n) is 4.96. The highest BCUT2D eigenvalue weighted by molar-refractivity contribution is 7.14. The van der Waals surface area contributed by atoms with E-state index in [1.165, 1.54) is 11.3 Å². The van der Waals surface area contributed by atoms with Crippen LogP contribution in [0.3, 0.4) is 0 Å². The quantitative estimate of drug-likeness (QED) is 0.839. The number of thiazole rings is 1. The maximum Gasteiger partial charge on any atom is 0.183 e. The highest BCUT2D eigenvalue weighted by Crippen LogP contribution is 2.27. The molecule has 88 valence electrons. The summed E-state index contributed by atoms with van der Waals surface area (Å²) in [5, 5.41) is 5.33. The number of hydrogen-bond acceptors (Lipinski definition) is 3. The second-order valence-electron chi connectivity index (χ2n) is 3.33. The molecule has 1 heterocycles. The summed E-state index contributed by atoms with van der Waals surface area (Å²) in [6.45, 7) is 4.15. The molecule has 0 aliphatic carbocycles. The van der Waals surface area contributed by atoms with Crippen molar-refractivity contribution in [2.45, 2.75) is 0 Å². The van der Waals surface area contributed by atoms with Crippen molar-refractivity contribution in [3.05, 3.63) is 47.9 Å². The molecule has 0 amide bonds. The van der Waals surface area contributed by atoms with Gasteiger partial charge in [0.15, 0.2) is 5.13 Å².